The topological polar surface area (TPSA) is 6.48 Å². The molecule has 164 valence electrons. The van der Waals surface area contributed by atoms with E-state index in [1.54, 1.807) is 10.6 Å². The van der Waals surface area contributed by atoms with E-state index in [9.17, 15) is 0 Å². The van der Waals surface area contributed by atoms with Gasteiger partial charge in [-0.25, -0.2) is 0 Å². The first-order valence-electron chi connectivity index (χ1n) is 11.3. The SMILES string of the molecule is CCN(CC)P1(N(CC)CC)=C(C(C)(C)C)C=C(C(C)(C)C)C=C1C(C)(C)C. The lowest BCUT2D eigenvalue weighted by atomic mass is 9.81. The Morgan fingerprint density at radius 2 is 1.00 bits per heavy atom. The first kappa shape index (κ1) is 25.7. The predicted molar refractivity (Wildman–Crippen MR) is 132 cm³/mol. The van der Waals surface area contributed by atoms with Crippen molar-refractivity contribution < 1.29 is 0 Å². The molecule has 0 aromatic carbocycles. The van der Waals surface area contributed by atoms with Crippen molar-refractivity contribution in [1.82, 2.24) is 9.34 Å². The Morgan fingerprint density at radius 3 is 1.25 bits per heavy atom. The summed E-state index contributed by atoms with van der Waals surface area (Å²) < 4.78 is 5.63. The fourth-order valence-corrected chi connectivity index (χ4v) is 10.5. The minimum atomic E-state index is -1.81. The normalized spacial score (nSPS) is 18.6. The van der Waals surface area contributed by atoms with Gasteiger partial charge < -0.3 is 0 Å². The lowest BCUT2D eigenvalue weighted by Gasteiger charge is -2.54. The van der Waals surface area contributed by atoms with E-state index in [0.717, 1.165) is 26.2 Å². The van der Waals surface area contributed by atoms with Crippen LogP contribution in [0.4, 0.5) is 0 Å². The second kappa shape index (κ2) is 8.83. The third-order valence-electron chi connectivity index (χ3n) is 5.94. The summed E-state index contributed by atoms with van der Waals surface area (Å²) >= 11 is 0. The van der Waals surface area contributed by atoms with Gasteiger partial charge in [0, 0.05) is 33.4 Å². The van der Waals surface area contributed by atoms with E-state index in [1.807, 2.05) is 0 Å². The van der Waals surface area contributed by atoms with Gasteiger partial charge in [0.25, 0.3) is 0 Å². The molecule has 28 heavy (non-hydrogen) atoms. The van der Waals surface area contributed by atoms with Crippen LogP contribution in [-0.2, 0) is 0 Å². The van der Waals surface area contributed by atoms with Crippen molar-refractivity contribution in [3.8, 4) is 0 Å². The molecule has 0 unspecified atom stereocenters. The maximum absolute atomic E-state index is 2.81. The maximum atomic E-state index is 2.81. The number of nitrogens with zero attached hydrogens (tertiary/aromatic N) is 2. The molecule has 0 N–H and O–H groups in total. The van der Waals surface area contributed by atoms with Crippen LogP contribution < -0.4 is 0 Å². The van der Waals surface area contributed by atoms with Crippen molar-refractivity contribution >= 4 is 12.5 Å². The van der Waals surface area contributed by atoms with Crippen LogP contribution in [0.2, 0.25) is 0 Å². The smallest absolute Gasteiger partial charge is 0.0446 e. The molecule has 0 radical (unpaired) electrons. The third-order valence-corrected chi connectivity index (χ3v) is 11.7. The number of hydrogen-bond donors (Lipinski definition) is 0. The van der Waals surface area contributed by atoms with Crippen molar-refractivity contribution in [2.45, 2.75) is 90.0 Å². The van der Waals surface area contributed by atoms with Crippen LogP contribution in [0.5, 0.6) is 0 Å². The van der Waals surface area contributed by atoms with E-state index >= 15 is 0 Å². The monoisotopic (exact) mass is 408 g/mol. The summed E-state index contributed by atoms with van der Waals surface area (Å²) in [6.45, 7) is 35.4. The zero-order valence-electron chi connectivity index (χ0n) is 21.3. The summed E-state index contributed by atoms with van der Waals surface area (Å²) in [5.74, 6) is 0. The summed E-state index contributed by atoms with van der Waals surface area (Å²) in [5.41, 5.74) is 1.88. The zero-order valence-corrected chi connectivity index (χ0v) is 22.2. The molecule has 0 amide bonds. The Morgan fingerprint density at radius 1 is 0.607 bits per heavy atom. The molecule has 0 bridgehead atoms. The molecule has 2 nitrogen and oxygen atoms in total. The Kier molecular flexibility index (Phi) is 8.11. The lowest BCUT2D eigenvalue weighted by Crippen LogP contribution is -2.42. The van der Waals surface area contributed by atoms with Gasteiger partial charge in [0.15, 0.2) is 0 Å². The quantitative estimate of drug-likeness (QED) is 0.416. The van der Waals surface area contributed by atoms with E-state index < -0.39 is 7.19 Å². The Hall–Kier alpha value is -0.300. The lowest BCUT2D eigenvalue weighted by molar-refractivity contribution is 0.406. The summed E-state index contributed by atoms with van der Waals surface area (Å²) in [6, 6.07) is 0. The number of hydrogen-bond acceptors (Lipinski definition) is 2. The minimum absolute atomic E-state index is 0.125. The van der Waals surface area contributed by atoms with Crippen molar-refractivity contribution in [2.24, 2.45) is 16.2 Å². The predicted octanol–water partition coefficient (Wildman–Crippen LogP) is 7.65. The van der Waals surface area contributed by atoms with E-state index in [1.165, 1.54) is 5.57 Å². The van der Waals surface area contributed by atoms with Gasteiger partial charge in [0.2, 0.25) is 0 Å². The van der Waals surface area contributed by atoms with Gasteiger partial charge in [-0.05, 0) is 32.4 Å². The van der Waals surface area contributed by atoms with Crippen LogP contribution >= 0.6 is 7.19 Å². The van der Waals surface area contributed by atoms with Gasteiger partial charge in [-0.15, -0.1) is 0 Å². The van der Waals surface area contributed by atoms with Gasteiger partial charge in [-0.1, -0.05) is 102 Å². The van der Waals surface area contributed by atoms with E-state index in [-0.39, 0.29) is 16.2 Å². The van der Waals surface area contributed by atoms with Crippen LogP contribution in [0.1, 0.15) is 90.0 Å². The molecule has 0 aliphatic carbocycles. The summed E-state index contributed by atoms with van der Waals surface area (Å²) in [6.07, 6.45) is 5.19. The second-order valence-electron chi connectivity index (χ2n) is 11.1. The standard InChI is InChI=1S/C25H49N2P/c1-14-26(15-2)28(27(16-3)17-4)21(24(8,9)10)18-20(23(5,6)7)19-22(28)25(11,12)13/h18-19H,14-17H2,1-13H3. The molecule has 0 aromatic heterocycles. The zero-order chi connectivity index (χ0) is 22.1. The van der Waals surface area contributed by atoms with E-state index in [0.29, 0.717) is 0 Å². The van der Waals surface area contributed by atoms with Gasteiger partial charge in [-0.2, -0.15) is 0 Å². The fraction of sp³-hybridized carbons (Fsp3) is 0.800. The highest BCUT2D eigenvalue weighted by molar-refractivity contribution is 7.76. The Balaban J connectivity index is 4.33. The highest BCUT2D eigenvalue weighted by atomic mass is 31.2. The van der Waals surface area contributed by atoms with Crippen LogP contribution in [0.15, 0.2) is 23.0 Å². The van der Waals surface area contributed by atoms with E-state index in [4.69, 9.17) is 0 Å². The minimum Gasteiger partial charge on any atom is -0.269 e. The Labute approximate surface area is 177 Å². The second-order valence-corrected chi connectivity index (χ2v) is 14.4. The van der Waals surface area contributed by atoms with Gasteiger partial charge in [-0.3, -0.25) is 9.34 Å². The number of rotatable bonds is 6. The van der Waals surface area contributed by atoms with Crippen molar-refractivity contribution in [3.05, 3.63) is 23.0 Å². The van der Waals surface area contributed by atoms with Crippen molar-refractivity contribution in [1.29, 1.82) is 0 Å². The van der Waals surface area contributed by atoms with Crippen molar-refractivity contribution in [2.75, 3.05) is 26.2 Å². The first-order chi connectivity index (χ1) is 12.6. The molecule has 0 fully saturated rings. The molecule has 0 saturated carbocycles. The van der Waals surface area contributed by atoms with E-state index in [2.05, 4.69) is 112 Å². The molecule has 1 aliphatic rings. The van der Waals surface area contributed by atoms with Crippen LogP contribution in [-0.4, -0.2) is 40.8 Å². The molecule has 1 aliphatic heterocycles. The van der Waals surface area contributed by atoms with Crippen LogP contribution in [0.25, 0.3) is 0 Å². The molecule has 3 heteroatoms. The highest BCUT2D eigenvalue weighted by Gasteiger charge is 2.45. The maximum Gasteiger partial charge on any atom is 0.0446 e. The first-order valence-corrected chi connectivity index (χ1v) is 13.0. The van der Waals surface area contributed by atoms with Gasteiger partial charge in [0.1, 0.15) is 0 Å². The molecule has 1 rings (SSSR count). The summed E-state index contributed by atoms with van der Waals surface area (Å²) in [5, 5.41) is 3.31. The number of allylic oxidation sites excluding steroid dienone is 4. The van der Waals surface area contributed by atoms with Crippen molar-refractivity contribution in [3.63, 3.8) is 0 Å². The summed E-state index contributed by atoms with van der Waals surface area (Å²) in [7, 11) is -1.81. The largest absolute Gasteiger partial charge is 0.269 e. The summed E-state index contributed by atoms with van der Waals surface area (Å²) in [4.78, 5) is 0. The molecular weight excluding hydrogens is 359 g/mol. The fourth-order valence-electron chi connectivity index (χ4n) is 4.50. The molecule has 0 saturated heterocycles. The average molecular weight is 409 g/mol. The molecule has 0 aromatic rings. The molecule has 0 spiro atoms. The molecular formula is C25H49N2P. The van der Waals surface area contributed by atoms with Crippen LogP contribution in [0, 0.1) is 16.2 Å². The average Bonchev–Trinajstić information content (AvgIpc) is 2.53. The Bertz CT molecular complexity index is 633. The van der Waals surface area contributed by atoms with Gasteiger partial charge >= 0.3 is 0 Å². The molecule has 1 heterocycles. The molecule has 0 atom stereocenters. The third kappa shape index (κ3) is 4.71. The van der Waals surface area contributed by atoms with Crippen LogP contribution in [0.3, 0.4) is 0 Å². The van der Waals surface area contributed by atoms with Gasteiger partial charge in [0.05, 0.1) is 0 Å². The highest BCUT2D eigenvalue weighted by Crippen LogP contribution is 2.70.